The van der Waals surface area contributed by atoms with E-state index in [-0.39, 0.29) is 16.9 Å². The molecule has 128 valence electrons. The third-order valence-electron chi connectivity index (χ3n) is 4.65. The lowest BCUT2D eigenvalue weighted by molar-refractivity contribution is -0.497. The molecule has 1 heterocycles. The van der Waals surface area contributed by atoms with Gasteiger partial charge in [-0.2, -0.15) is 0 Å². The molecule has 6 nitrogen and oxygen atoms in total. The molecule has 0 radical (unpaired) electrons. The van der Waals surface area contributed by atoms with E-state index in [2.05, 4.69) is 18.8 Å². The van der Waals surface area contributed by atoms with Crippen molar-refractivity contribution >= 4 is 22.5 Å². The second-order valence-corrected chi connectivity index (χ2v) is 7.13. The van der Waals surface area contributed by atoms with Crippen LogP contribution in [0.1, 0.15) is 33.6 Å². The van der Waals surface area contributed by atoms with E-state index in [9.17, 15) is 14.9 Å². The Morgan fingerprint density at radius 1 is 1.38 bits per heavy atom. The van der Waals surface area contributed by atoms with E-state index in [1.165, 1.54) is 0 Å². The average molecular weight is 329 g/mol. The predicted octanol–water partition coefficient (Wildman–Crippen LogP) is 3.60. The number of aromatic nitrogens is 1. The van der Waals surface area contributed by atoms with Crippen molar-refractivity contribution in [2.75, 3.05) is 4.90 Å². The minimum absolute atomic E-state index is 0.00176. The maximum Gasteiger partial charge on any atom is 0.237 e. The Morgan fingerprint density at radius 3 is 2.75 bits per heavy atom. The normalized spacial score (nSPS) is 21.0. The van der Waals surface area contributed by atoms with Crippen LogP contribution in [0.4, 0.5) is 5.69 Å². The fourth-order valence-corrected chi connectivity index (χ4v) is 3.44. The maximum atomic E-state index is 12.9. The number of hydrogen-bond donors (Lipinski definition) is 1. The lowest BCUT2D eigenvalue weighted by atomic mass is 10.0. The van der Waals surface area contributed by atoms with Crippen LogP contribution in [0.3, 0.4) is 0 Å². The van der Waals surface area contributed by atoms with E-state index >= 15 is 0 Å². The van der Waals surface area contributed by atoms with E-state index < -0.39 is 12.0 Å². The number of fused-ring (bicyclic) bond motifs is 1. The summed E-state index contributed by atoms with van der Waals surface area (Å²) in [4.78, 5) is 28.5. The van der Waals surface area contributed by atoms with Gasteiger partial charge in [-0.25, -0.2) is 0 Å². The number of hydrogen-bond acceptors (Lipinski definition) is 3. The molecule has 1 amide bonds. The SMILES string of the molecule is CC(C)CC(C)N(C(=O)C1CC1[N+](=O)[O-])c1ccc2[nH]ccc2c1. The van der Waals surface area contributed by atoms with Crippen LogP contribution in [0.25, 0.3) is 10.9 Å². The van der Waals surface area contributed by atoms with Gasteiger partial charge in [-0.15, -0.1) is 0 Å². The van der Waals surface area contributed by atoms with Crippen LogP contribution in [-0.2, 0) is 4.79 Å². The van der Waals surface area contributed by atoms with Gasteiger partial charge in [0.05, 0.1) is 0 Å². The highest BCUT2D eigenvalue weighted by atomic mass is 16.6. The summed E-state index contributed by atoms with van der Waals surface area (Å²) < 4.78 is 0. The molecule has 1 aliphatic rings. The predicted molar refractivity (Wildman–Crippen MR) is 93.6 cm³/mol. The molecule has 2 aromatic rings. The smallest absolute Gasteiger partial charge is 0.237 e. The summed E-state index contributed by atoms with van der Waals surface area (Å²) in [5.41, 5.74) is 1.83. The Hall–Kier alpha value is -2.37. The Balaban J connectivity index is 1.92. The van der Waals surface area contributed by atoms with Crippen molar-refractivity contribution in [1.82, 2.24) is 4.98 Å². The summed E-state index contributed by atoms with van der Waals surface area (Å²) in [6, 6.07) is 7.08. The molecular weight excluding hydrogens is 306 g/mol. The maximum absolute atomic E-state index is 12.9. The van der Waals surface area contributed by atoms with Gasteiger partial charge in [0.2, 0.25) is 11.9 Å². The Kier molecular flexibility index (Phi) is 4.30. The highest BCUT2D eigenvalue weighted by Gasteiger charge is 2.55. The standard InChI is InChI=1S/C18H23N3O3/c1-11(2)8-12(3)20(18(22)15-10-17(15)21(23)24)14-4-5-16-13(9-14)6-7-19-16/h4-7,9,11-12,15,17,19H,8,10H2,1-3H3. The molecule has 0 spiro atoms. The minimum Gasteiger partial charge on any atom is -0.361 e. The zero-order chi connectivity index (χ0) is 17.4. The first-order chi connectivity index (χ1) is 11.4. The van der Waals surface area contributed by atoms with Crippen molar-refractivity contribution in [3.05, 3.63) is 40.6 Å². The first-order valence-electron chi connectivity index (χ1n) is 8.42. The van der Waals surface area contributed by atoms with E-state index in [1.807, 2.05) is 37.4 Å². The summed E-state index contributed by atoms with van der Waals surface area (Å²) in [6.07, 6.45) is 3.07. The first-order valence-corrected chi connectivity index (χ1v) is 8.42. The molecule has 1 aromatic heterocycles. The third kappa shape index (κ3) is 3.13. The highest BCUT2D eigenvalue weighted by Crippen LogP contribution is 2.37. The van der Waals surface area contributed by atoms with Crippen molar-refractivity contribution in [2.45, 2.75) is 45.7 Å². The fraction of sp³-hybridized carbons (Fsp3) is 0.500. The van der Waals surface area contributed by atoms with Crippen molar-refractivity contribution in [1.29, 1.82) is 0 Å². The number of H-pyrrole nitrogens is 1. The van der Waals surface area contributed by atoms with Gasteiger partial charge >= 0.3 is 0 Å². The van der Waals surface area contributed by atoms with E-state index in [0.29, 0.717) is 12.3 Å². The van der Waals surface area contributed by atoms with Crippen LogP contribution in [-0.4, -0.2) is 27.9 Å². The lowest BCUT2D eigenvalue weighted by Crippen LogP contribution is -2.41. The molecule has 24 heavy (non-hydrogen) atoms. The molecule has 1 saturated carbocycles. The molecule has 3 rings (SSSR count). The average Bonchev–Trinajstić information content (AvgIpc) is 3.18. The molecule has 1 aromatic carbocycles. The number of rotatable bonds is 6. The molecule has 1 N–H and O–H groups in total. The second kappa shape index (κ2) is 6.26. The number of carbonyl (C=O) groups excluding carboxylic acids is 1. The van der Waals surface area contributed by atoms with Gasteiger partial charge < -0.3 is 9.88 Å². The molecule has 0 aliphatic heterocycles. The van der Waals surface area contributed by atoms with E-state index in [4.69, 9.17) is 0 Å². The number of carbonyl (C=O) groups is 1. The molecule has 0 bridgehead atoms. The number of aromatic amines is 1. The van der Waals surface area contributed by atoms with Gasteiger partial charge in [-0.05, 0) is 43.5 Å². The van der Waals surface area contributed by atoms with Gasteiger partial charge in [0, 0.05) is 40.2 Å². The van der Waals surface area contributed by atoms with Crippen LogP contribution in [0.2, 0.25) is 0 Å². The van der Waals surface area contributed by atoms with E-state index in [1.54, 1.807) is 4.90 Å². The number of anilines is 1. The quantitative estimate of drug-likeness (QED) is 0.649. The molecule has 6 heteroatoms. The molecule has 3 atom stereocenters. The largest absolute Gasteiger partial charge is 0.361 e. The summed E-state index contributed by atoms with van der Waals surface area (Å²) in [5.74, 6) is -0.173. The van der Waals surface area contributed by atoms with Crippen LogP contribution >= 0.6 is 0 Å². The third-order valence-corrected chi connectivity index (χ3v) is 4.65. The Bertz CT molecular complexity index is 768. The number of benzene rings is 1. The van der Waals surface area contributed by atoms with Crippen molar-refractivity contribution in [3.63, 3.8) is 0 Å². The zero-order valence-corrected chi connectivity index (χ0v) is 14.2. The van der Waals surface area contributed by atoms with Gasteiger partial charge in [0.1, 0.15) is 5.92 Å². The summed E-state index contributed by atoms with van der Waals surface area (Å²) in [5, 5.41) is 12.0. The molecule has 1 fully saturated rings. The van der Waals surface area contributed by atoms with Crippen LogP contribution in [0.15, 0.2) is 30.5 Å². The highest BCUT2D eigenvalue weighted by molar-refractivity contribution is 5.99. The molecular formula is C18H23N3O3. The Morgan fingerprint density at radius 2 is 2.12 bits per heavy atom. The molecule has 0 saturated heterocycles. The van der Waals surface area contributed by atoms with Gasteiger partial charge in [-0.3, -0.25) is 14.9 Å². The van der Waals surface area contributed by atoms with Crippen LogP contribution in [0, 0.1) is 22.0 Å². The number of amides is 1. The Labute approximate surface area is 141 Å². The molecule has 1 aliphatic carbocycles. The number of nitrogens with one attached hydrogen (secondary N) is 1. The van der Waals surface area contributed by atoms with Crippen molar-refractivity contribution in [2.24, 2.45) is 11.8 Å². The monoisotopic (exact) mass is 329 g/mol. The summed E-state index contributed by atoms with van der Waals surface area (Å²) >= 11 is 0. The second-order valence-electron chi connectivity index (χ2n) is 7.13. The minimum atomic E-state index is -0.720. The van der Waals surface area contributed by atoms with Gasteiger partial charge in [0.15, 0.2) is 0 Å². The van der Waals surface area contributed by atoms with Crippen molar-refractivity contribution in [3.8, 4) is 0 Å². The topological polar surface area (TPSA) is 79.2 Å². The van der Waals surface area contributed by atoms with Crippen molar-refractivity contribution < 1.29 is 9.72 Å². The van der Waals surface area contributed by atoms with Crippen LogP contribution in [0.5, 0.6) is 0 Å². The van der Waals surface area contributed by atoms with Gasteiger partial charge in [-0.1, -0.05) is 13.8 Å². The van der Waals surface area contributed by atoms with Crippen LogP contribution < -0.4 is 4.90 Å². The number of nitrogens with zero attached hydrogens (tertiary/aromatic N) is 2. The van der Waals surface area contributed by atoms with Gasteiger partial charge in [0.25, 0.3) is 0 Å². The number of nitro groups is 1. The summed E-state index contributed by atoms with van der Waals surface area (Å²) in [6.45, 7) is 6.25. The summed E-state index contributed by atoms with van der Waals surface area (Å²) in [7, 11) is 0. The lowest BCUT2D eigenvalue weighted by Gasteiger charge is -2.30. The fourth-order valence-electron chi connectivity index (χ4n) is 3.44. The van der Waals surface area contributed by atoms with E-state index in [0.717, 1.165) is 23.0 Å². The zero-order valence-electron chi connectivity index (χ0n) is 14.2. The first kappa shape index (κ1) is 16.5. The molecule has 3 unspecified atom stereocenters.